The van der Waals surface area contributed by atoms with Crippen molar-refractivity contribution in [2.45, 2.75) is 91.0 Å². The van der Waals surface area contributed by atoms with Gasteiger partial charge in [0.2, 0.25) is 0 Å². The molecule has 0 N–H and O–H groups in total. The van der Waals surface area contributed by atoms with E-state index in [1.54, 1.807) is 0 Å². The molecular formula is C19H34N+. The van der Waals surface area contributed by atoms with E-state index in [2.05, 4.69) is 42.9 Å². The van der Waals surface area contributed by atoms with Crippen molar-refractivity contribution in [3.05, 3.63) is 30.1 Å². The van der Waals surface area contributed by atoms with Gasteiger partial charge in [-0.25, -0.2) is 4.57 Å². The van der Waals surface area contributed by atoms with Gasteiger partial charge in [0.1, 0.15) is 6.54 Å². The first-order valence-electron chi connectivity index (χ1n) is 8.84. The molecule has 0 radical (unpaired) electrons. The van der Waals surface area contributed by atoms with Gasteiger partial charge >= 0.3 is 0 Å². The molecule has 0 spiro atoms. The average Bonchev–Trinajstić information content (AvgIpc) is 2.49. The quantitative estimate of drug-likeness (QED) is 0.353. The molecule has 0 bridgehead atoms. The molecule has 0 saturated carbocycles. The average molecular weight is 276 g/mol. The molecule has 1 heterocycles. The fourth-order valence-electron chi connectivity index (χ4n) is 2.61. The normalized spacial score (nSPS) is 10.9. The topological polar surface area (TPSA) is 3.88 Å². The first kappa shape index (κ1) is 17.2. The van der Waals surface area contributed by atoms with Gasteiger partial charge in [0.25, 0.3) is 0 Å². The van der Waals surface area contributed by atoms with Crippen molar-refractivity contribution in [1.82, 2.24) is 0 Å². The summed E-state index contributed by atoms with van der Waals surface area (Å²) in [5.41, 5.74) is 1.50. The zero-order valence-electron chi connectivity index (χ0n) is 13.7. The van der Waals surface area contributed by atoms with Crippen molar-refractivity contribution >= 4 is 0 Å². The van der Waals surface area contributed by atoms with Crippen molar-refractivity contribution < 1.29 is 4.57 Å². The first-order valence-corrected chi connectivity index (χ1v) is 8.84. The second kappa shape index (κ2) is 11.9. The van der Waals surface area contributed by atoms with Crippen molar-refractivity contribution in [2.75, 3.05) is 0 Å². The molecule has 0 amide bonds. The lowest BCUT2D eigenvalue weighted by molar-refractivity contribution is -0.697. The van der Waals surface area contributed by atoms with E-state index in [9.17, 15) is 0 Å². The summed E-state index contributed by atoms with van der Waals surface area (Å²) in [5.74, 6) is 0. The van der Waals surface area contributed by atoms with E-state index in [1.807, 2.05) is 0 Å². The van der Waals surface area contributed by atoms with Gasteiger partial charge in [-0.05, 0) is 18.4 Å². The molecular weight excluding hydrogens is 242 g/mol. The van der Waals surface area contributed by atoms with Gasteiger partial charge in [0.05, 0.1) is 0 Å². The second-order valence-corrected chi connectivity index (χ2v) is 6.02. The van der Waals surface area contributed by atoms with E-state index in [0.717, 1.165) is 6.54 Å². The molecule has 0 aliphatic heterocycles. The number of rotatable bonds is 12. The number of unbranched alkanes of at least 4 members (excludes halogenated alkanes) is 8. The summed E-state index contributed by atoms with van der Waals surface area (Å²) < 4.78 is 2.31. The molecule has 114 valence electrons. The van der Waals surface area contributed by atoms with Gasteiger partial charge in [0, 0.05) is 18.6 Å². The van der Waals surface area contributed by atoms with Crippen molar-refractivity contribution in [2.24, 2.45) is 0 Å². The molecule has 0 aliphatic carbocycles. The Morgan fingerprint density at radius 1 is 0.700 bits per heavy atom. The summed E-state index contributed by atoms with van der Waals surface area (Å²) in [7, 11) is 0. The standard InChI is InChI=1S/C19H34N/c1-3-5-7-8-9-10-11-12-13-19-14-17-20(18-15-19)16-6-4-2/h14-15,17-18H,3-13,16H2,1-2H3/q+1. The number of hydrogen-bond acceptors (Lipinski definition) is 0. The van der Waals surface area contributed by atoms with Crippen LogP contribution in [0, 0.1) is 0 Å². The molecule has 0 aromatic carbocycles. The molecule has 0 atom stereocenters. The van der Waals surface area contributed by atoms with Crippen LogP contribution in [0.4, 0.5) is 0 Å². The van der Waals surface area contributed by atoms with Crippen LogP contribution in [0.2, 0.25) is 0 Å². The number of hydrogen-bond donors (Lipinski definition) is 0. The molecule has 0 fully saturated rings. The SMILES string of the molecule is CCCCCCCCCCc1cc[n+](CCCC)cc1. The fraction of sp³-hybridized carbons (Fsp3) is 0.737. The molecule has 1 nitrogen and oxygen atoms in total. The monoisotopic (exact) mass is 276 g/mol. The maximum atomic E-state index is 2.31. The van der Waals surface area contributed by atoms with Gasteiger partial charge < -0.3 is 0 Å². The van der Waals surface area contributed by atoms with Crippen LogP contribution in [0.3, 0.4) is 0 Å². The lowest BCUT2D eigenvalue weighted by atomic mass is 10.0. The van der Waals surface area contributed by atoms with Crippen LogP contribution < -0.4 is 4.57 Å². The predicted octanol–water partition coefficient (Wildman–Crippen LogP) is 5.46. The number of aromatic nitrogens is 1. The molecule has 1 rings (SSSR count). The Morgan fingerprint density at radius 3 is 1.85 bits per heavy atom. The van der Waals surface area contributed by atoms with Crippen LogP contribution in [0.25, 0.3) is 0 Å². The number of nitrogens with zero attached hydrogens (tertiary/aromatic N) is 1. The summed E-state index contributed by atoms with van der Waals surface area (Å²) in [6.07, 6.45) is 19.6. The van der Waals surface area contributed by atoms with E-state index < -0.39 is 0 Å². The predicted molar refractivity (Wildman–Crippen MR) is 87.9 cm³/mol. The van der Waals surface area contributed by atoms with Gasteiger partial charge in [-0.1, -0.05) is 65.2 Å². The molecule has 0 unspecified atom stereocenters. The third kappa shape index (κ3) is 8.35. The Morgan fingerprint density at radius 2 is 1.25 bits per heavy atom. The van der Waals surface area contributed by atoms with Crippen LogP contribution in [0.5, 0.6) is 0 Å². The minimum absolute atomic E-state index is 1.16. The van der Waals surface area contributed by atoms with E-state index in [-0.39, 0.29) is 0 Å². The second-order valence-electron chi connectivity index (χ2n) is 6.02. The highest BCUT2D eigenvalue weighted by Crippen LogP contribution is 2.10. The minimum atomic E-state index is 1.16. The Balaban J connectivity index is 2.04. The molecule has 0 saturated heterocycles. The van der Waals surface area contributed by atoms with Gasteiger partial charge in [0.15, 0.2) is 12.4 Å². The van der Waals surface area contributed by atoms with Crippen molar-refractivity contribution in [3.63, 3.8) is 0 Å². The van der Waals surface area contributed by atoms with Gasteiger partial charge in [-0.15, -0.1) is 0 Å². The molecule has 0 aliphatic rings. The largest absolute Gasteiger partial charge is 0.205 e. The summed E-state index contributed by atoms with van der Waals surface area (Å²) in [4.78, 5) is 0. The van der Waals surface area contributed by atoms with Crippen molar-refractivity contribution in [3.8, 4) is 0 Å². The zero-order chi connectivity index (χ0) is 14.5. The highest BCUT2D eigenvalue weighted by molar-refractivity contribution is 5.07. The van der Waals surface area contributed by atoms with E-state index >= 15 is 0 Å². The summed E-state index contributed by atoms with van der Waals surface area (Å²) in [6.45, 7) is 5.69. The maximum absolute atomic E-state index is 2.31. The Labute approximate surface area is 126 Å². The van der Waals surface area contributed by atoms with Crippen LogP contribution in [-0.2, 0) is 13.0 Å². The highest BCUT2D eigenvalue weighted by atomic mass is 14.9. The third-order valence-electron chi connectivity index (χ3n) is 4.05. The lowest BCUT2D eigenvalue weighted by Crippen LogP contribution is -2.32. The number of pyridine rings is 1. The molecule has 20 heavy (non-hydrogen) atoms. The fourth-order valence-corrected chi connectivity index (χ4v) is 2.61. The highest BCUT2D eigenvalue weighted by Gasteiger charge is 2.00. The van der Waals surface area contributed by atoms with Crippen molar-refractivity contribution in [1.29, 1.82) is 0 Å². The third-order valence-corrected chi connectivity index (χ3v) is 4.05. The lowest BCUT2D eigenvalue weighted by Gasteiger charge is -2.02. The smallest absolute Gasteiger partial charge is 0.169 e. The van der Waals surface area contributed by atoms with Gasteiger partial charge in [-0.3, -0.25) is 0 Å². The van der Waals surface area contributed by atoms with Gasteiger partial charge in [-0.2, -0.15) is 0 Å². The number of aryl methyl sites for hydroxylation is 2. The van der Waals surface area contributed by atoms with Crippen LogP contribution in [-0.4, -0.2) is 0 Å². The van der Waals surface area contributed by atoms with E-state index in [4.69, 9.17) is 0 Å². The van der Waals surface area contributed by atoms with E-state index in [0.29, 0.717) is 0 Å². The van der Waals surface area contributed by atoms with Crippen LogP contribution in [0.1, 0.15) is 83.6 Å². The Kier molecular flexibility index (Phi) is 10.3. The van der Waals surface area contributed by atoms with Crippen LogP contribution in [0.15, 0.2) is 24.5 Å². The molecule has 1 aromatic rings. The summed E-state index contributed by atoms with van der Waals surface area (Å²) >= 11 is 0. The summed E-state index contributed by atoms with van der Waals surface area (Å²) in [6, 6.07) is 4.60. The molecule has 1 aromatic heterocycles. The Hall–Kier alpha value is -0.850. The first-order chi connectivity index (χ1) is 9.86. The minimum Gasteiger partial charge on any atom is -0.205 e. The van der Waals surface area contributed by atoms with Crippen LogP contribution >= 0.6 is 0 Å². The molecule has 1 heteroatoms. The van der Waals surface area contributed by atoms with E-state index in [1.165, 1.54) is 76.2 Å². The zero-order valence-corrected chi connectivity index (χ0v) is 13.7. The maximum Gasteiger partial charge on any atom is 0.169 e. The Bertz CT molecular complexity index is 315. The summed E-state index contributed by atoms with van der Waals surface area (Å²) in [5, 5.41) is 0.